The van der Waals surface area contributed by atoms with Crippen molar-refractivity contribution in [3.8, 4) is 5.75 Å². The smallest absolute Gasteiger partial charge is 0.189 e. The van der Waals surface area contributed by atoms with E-state index in [-0.39, 0.29) is 18.4 Å². The number of ether oxygens (including phenoxy) is 2. The van der Waals surface area contributed by atoms with Gasteiger partial charge in [0.15, 0.2) is 6.79 Å². The van der Waals surface area contributed by atoms with Crippen molar-refractivity contribution in [2.24, 2.45) is 0 Å². The van der Waals surface area contributed by atoms with Gasteiger partial charge in [-0.3, -0.25) is 4.90 Å². The first-order valence-corrected chi connectivity index (χ1v) is 7.64. The Labute approximate surface area is 134 Å². The maximum Gasteiger partial charge on any atom is 0.189 e. The summed E-state index contributed by atoms with van der Waals surface area (Å²) in [5.74, 6) is 0.159. The van der Waals surface area contributed by atoms with Crippen LogP contribution < -0.4 is 4.74 Å². The lowest BCUT2D eigenvalue weighted by Crippen LogP contribution is -2.24. The van der Waals surface area contributed by atoms with Crippen LogP contribution in [0.1, 0.15) is 23.6 Å². The molecule has 1 heterocycles. The SMILES string of the molecule is CCN(Cc1cccc(F)c1)Cc1cc(F)cc2c1OCOC2. The van der Waals surface area contributed by atoms with E-state index in [0.29, 0.717) is 25.4 Å². The number of fused-ring (bicyclic) bond motifs is 1. The Bertz CT molecular complexity index is 691. The molecule has 0 aromatic heterocycles. The van der Waals surface area contributed by atoms with Gasteiger partial charge in [-0.05, 0) is 36.4 Å². The van der Waals surface area contributed by atoms with Crippen LogP contribution in [0.3, 0.4) is 0 Å². The average Bonchev–Trinajstić information content (AvgIpc) is 2.54. The van der Waals surface area contributed by atoms with Gasteiger partial charge in [0.1, 0.15) is 17.4 Å². The zero-order chi connectivity index (χ0) is 16.2. The van der Waals surface area contributed by atoms with Crippen LogP contribution in [0.5, 0.6) is 5.75 Å². The summed E-state index contributed by atoms with van der Waals surface area (Å²) in [4.78, 5) is 2.11. The minimum Gasteiger partial charge on any atom is -0.467 e. The van der Waals surface area contributed by atoms with Gasteiger partial charge in [-0.2, -0.15) is 0 Å². The molecule has 0 N–H and O–H groups in total. The molecular formula is C18H19F2NO2. The molecule has 1 aliphatic heterocycles. The Morgan fingerprint density at radius 2 is 1.96 bits per heavy atom. The van der Waals surface area contributed by atoms with E-state index in [9.17, 15) is 8.78 Å². The van der Waals surface area contributed by atoms with E-state index in [1.165, 1.54) is 24.3 Å². The summed E-state index contributed by atoms with van der Waals surface area (Å²) in [6, 6.07) is 9.48. The highest BCUT2D eigenvalue weighted by atomic mass is 19.1. The van der Waals surface area contributed by atoms with E-state index in [0.717, 1.165) is 23.2 Å². The molecule has 2 aromatic rings. The molecule has 3 rings (SSSR count). The predicted molar refractivity (Wildman–Crippen MR) is 82.9 cm³/mol. The molecule has 0 bridgehead atoms. The monoisotopic (exact) mass is 319 g/mol. The van der Waals surface area contributed by atoms with Crippen molar-refractivity contribution in [3.05, 3.63) is 64.7 Å². The van der Waals surface area contributed by atoms with Crippen molar-refractivity contribution >= 4 is 0 Å². The first kappa shape index (κ1) is 15.9. The Hall–Kier alpha value is -1.98. The van der Waals surface area contributed by atoms with E-state index < -0.39 is 0 Å². The fourth-order valence-corrected chi connectivity index (χ4v) is 2.79. The molecule has 2 aromatic carbocycles. The molecule has 0 saturated carbocycles. The Morgan fingerprint density at radius 3 is 2.74 bits per heavy atom. The molecule has 3 nitrogen and oxygen atoms in total. The van der Waals surface area contributed by atoms with Crippen molar-refractivity contribution in [3.63, 3.8) is 0 Å². The summed E-state index contributed by atoms with van der Waals surface area (Å²) < 4.78 is 37.9. The van der Waals surface area contributed by atoms with Crippen LogP contribution in [-0.4, -0.2) is 18.2 Å². The van der Waals surface area contributed by atoms with Gasteiger partial charge in [0.2, 0.25) is 0 Å². The van der Waals surface area contributed by atoms with E-state index in [4.69, 9.17) is 9.47 Å². The Kier molecular flexibility index (Phi) is 4.88. The molecule has 23 heavy (non-hydrogen) atoms. The number of hydrogen-bond donors (Lipinski definition) is 0. The van der Waals surface area contributed by atoms with Crippen LogP contribution in [0.15, 0.2) is 36.4 Å². The third kappa shape index (κ3) is 3.86. The predicted octanol–water partition coefficient (Wildman–Crippen LogP) is 3.85. The largest absolute Gasteiger partial charge is 0.467 e. The highest BCUT2D eigenvalue weighted by Gasteiger charge is 2.18. The van der Waals surface area contributed by atoms with Gasteiger partial charge in [0, 0.05) is 24.2 Å². The zero-order valence-electron chi connectivity index (χ0n) is 13.0. The van der Waals surface area contributed by atoms with Crippen molar-refractivity contribution in [1.82, 2.24) is 4.90 Å². The van der Waals surface area contributed by atoms with E-state index in [1.54, 1.807) is 6.07 Å². The summed E-state index contributed by atoms with van der Waals surface area (Å²) in [6.07, 6.45) is 0. The molecule has 0 radical (unpaired) electrons. The summed E-state index contributed by atoms with van der Waals surface area (Å²) >= 11 is 0. The number of hydrogen-bond acceptors (Lipinski definition) is 3. The lowest BCUT2D eigenvalue weighted by Gasteiger charge is -2.25. The zero-order valence-corrected chi connectivity index (χ0v) is 13.0. The molecule has 0 atom stereocenters. The summed E-state index contributed by atoms with van der Waals surface area (Å²) in [7, 11) is 0. The first-order valence-electron chi connectivity index (χ1n) is 7.64. The number of rotatable bonds is 5. The van der Waals surface area contributed by atoms with Gasteiger partial charge >= 0.3 is 0 Å². The van der Waals surface area contributed by atoms with E-state index in [1.807, 2.05) is 13.0 Å². The van der Waals surface area contributed by atoms with Crippen LogP contribution in [0, 0.1) is 11.6 Å². The number of nitrogens with zero attached hydrogens (tertiary/aromatic N) is 1. The lowest BCUT2D eigenvalue weighted by molar-refractivity contribution is -0.0177. The number of halogens is 2. The van der Waals surface area contributed by atoms with Gasteiger partial charge in [-0.15, -0.1) is 0 Å². The molecule has 0 saturated heterocycles. The second kappa shape index (κ2) is 7.06. The third-order valence-corrected chi connectivity index (χ3v) is 3.89. The van der Waals surface area contributed by atoms with E-state index in [2.05, 4.69) is 4.90 Å². The topological polar surface area (TPSA) is 21.7 Å². The quantitative estimate of drug-likeness (QED) is 0.835. The van der Waals surface area contributed by atoms with Crippen molar-refractivity contribution in [2.75, 3.05) is 13.3 Å². The van der Waals surface area contributed by atoms with E-state index >= 15 is 0 Å². The normalized spacial score (nSPS) is 13.7. The highest BCUT2D eigenvalue weighted by molar-refractivity contribution is 5.42. The van der Waals surface area contributed by atoms with Crippen LogP contribution in [0.25, 0.3) is 0 Å². The van der Waals surface area contributed by atoms with Gasteiger partial charge < -0.3 is 9.47 Å². The molecular weight excluding hydrogens is 300 g/mol. The van der Waals surface area contributed by atoms with Crippen molar-refractivity contribution in [1.29, 1.82) is 0 Å². The number of benzene rings is 2. The summed E-state index contributed by atoms with van der Waals surface area (Å²) in [5, 5.41) is 0. The first-order chi connectivity index (χ1) is 11.2. The molecule has 0 amide bonds. The molecule has 0 fully saturated rings. The standard InChI is InChI=1S/C18H19F2NO2/c1-2-21(9-13-4-3-5-16(19)6-13)10-14-7-17(20)8-15-11-22-12-23-18(14)15/h3-8H,2,9-12H2,1H3. The Balaban J connectivity index is 1.80. The summed E-state index contributed by atoms with van der Waals surface area (Å²) in [6.45, 7) is 4.45. The van der Waals surface area contributed by atoms with Gasteiger partial charge in [-0.25, -0.2) is 8.78 Å². The highest BCUT2D eigenvalue weighted by Crippen LogP contribution is 2.30. The molecule has 1 aliphatic rings. The fraction of sp³-hybridized carbons (Fsp3) is 0.333. The lowest BCUT2D eigenvalue weighted by atomic mass is 10.1. The molecule has 5 heteroatoms. The van der Waals surface area contributed by atoms with Crippen molar-refractivity contribution in [2.45, 2.75) is 26.6 Å². The molecule has 0 spiro atoms. The average molecular weight is 319 g/mol. The minimum absolute atomic E-state index is 0.182. The molecule has 122 valence electrons. The second-order valence-electron chi connectivity index (χ2n) is 5.60. The minimum atomic E-state index is -0.297. The molecule has 0 unspecified atom stereocenters. The fourth-order valence-electron chi connectivity index (χ4n) is 2.79. The summed E-state index contributed by atoms with van der Waals surface area (Å²) in [5.41, 5.74) is 2.41. The van der Waals surface area contributed by atoms with Gasteiger partial charge in [-0.1, -0.05) is 19.1 Å². The maximum absolute atomic E-state index is 13.8. The maximum atomic E-state index is 13.8. The van der Waals surface area contributed by atoms with Crippen LogP contribution in [0.2, 0.25) is 0 Å². The van der Waals surface area contributed by atoms with Crippen molar-refractivity contribution < 1.29 is 18.3 Å². The second-order valence-corrected chi connectivity index (χ2v) is 5.60. The Morgan fingerprint density at radius 1 is 1.09 bits per heavy atom. The third-order valence-electron chi connectivity index (χ3n) is 3.89. The van der Waals surface area contributed by atoms with Crippen LogP contribution >= 0.6 is 0 Å². The van der Waals surface area contributed by atoms with Gasteiger partial charge in [0.05, 0.1) is 6.61 Å². The van der Waals surface area contributed by atoms with Crippen LogP contribution in [-0.2, 0) is 24.4 Å². The molecule has 0 aliphatic carbocycles. The van der Waals surface area contributed by atoms with Gasteiger partial charge in [0.25, 0.3) is 0 Å². The van der Waals surface area contributed by atoms with Crippen LogP contribution in [0.4, 0.5) is 8.78 Å².